The Morgan fingerprint density at radius 1 is 1.16 bits per heavy atom. The molecular weight excluding hydrogens is 242 g/mol. The van der Waals surface area contributed by atoms with Crippen molar-refractivity contribution in [3.8, 4) is 0 Å². The molecule has 1 saturated heterocycles. The van der Waals surface area contributed by atoms with Crippen molar-refractivity contribution >= 4 is 11.8 Å². The maximum atomic E-state index is 12.8. The molecule has 1 aliphatic carbocycles. The van der Waals surface area contributed by atoms with Gasteiger partial charge in [0.05, 0.1) is 11.3 Å². The maximum Gasteiger partial charge on any atom is 0.230 e. The van der Waals surface area contributed by atoms with E-state index in [4.69, 9.17) is 11.5 Å². The highest BCUT2D eigenvalue weighted by atomic mass is 16.2. The van der Waals surface area contributed by atoms with Gasteiger partial charge < -0.3 is 16.4 Å². The van der Waals surface area contributed by atoms with E-state index in [9.17, 15) is 9.59 Å². The summed E-state index contributed by atoms with van der Waals surface area (Å²) in [6.07, 6.45) is 7.02. The molecule has 1 aliphatic heterocycles. The fraction of sp³-hybridized carbons (Fsp3) is 0.857. The van der Waals surface area contributed by atoms with E-state index < -0.39 is 0 Å². The molecule has 0 bridgehead atoms. The Hall–Kier alpha value is -1.10. The van der Waals surface area contributed by atoms with Crippen molar-refractivity contribution in [3.05, 3.63) is 0 Å². The molecule has 1 atom stereocenters. The van der Waals surface area contributed by atoms with E-state index in [0.717, 1.165) is 25.7 Å². The van der Waals surface area contributed by atoms with Gasteiger partial charge in [0.25, 0.3) is 0 Å². The molecule has 1 saturated carbocycles. The van der Waals surface area contributed by atoms with Gasteiger partial charge in [0.2, 0.25) is 11.8 Å². The third kappa shape index (κ3) is 2.91. The van der Waals surface area contributed by atoms with Gasteiger partial charge in [-0.05, 0) is 19.3 Å². The zero-order valence-electron chi connectivity index (χ0n) is 11.6. The molecular formula is C14H25N3O2. The first-order valence-corrected chi connectivity index (χ1v) is 7.38. The Morgan fingerprint density at radius 2 is 1.79 bits per heavy atom. The second-order valence-electron chi connectivity index (χ2n) is 6.04. The van der Waals surface area contributed by atoms with Gasteiger partial charge >= 0.3 is 0 Å². The summed E-state index contributed by atoms with van der Waals surface area (Å²) < 4.78 is 0. The summed E-state index contributed by atoms with van der Waals surface area (Å²) in [4.78, 5) is 25.8. The summed E-state index contributed by atoms with van der Waals surface area (Å²) in [6, 6.07) is 0. The van der Waals surface area contributed by atoms with Gasteiger partial charge in [-0.2, -0.15) is 0 Å². The second kappa shape index (κ2) is 5.90. The number of nitrogens with zero attached hydrogens (tertiary/aromatic N) is 1. The Morgan fingerprint density at radius 3 is 2.26 bits per heavy atom. The third-order valence-corrected chi connectivity index (χ3v) is 4.78. The maximum absolute atomic E-state index is 12.8. The zero-order valence-corrected chi connectivity index (χ0v) is 11.6. The summed E-state index contributed by atoms with van der Waals surface area (Å²) in [5.74, 6) is -0.317. The highest BCUT2D eigenvalue weighted by Crippen LogP contribution is 2.37. The molecule has 19 heavy (non-hydrogen) atoms. The molecule has 2 aliphatic rings. The molecule has 0 radical (unpaired) electrons. The van der Waals surface area contributed by atoms with Gasteiger partial charge in [-0.25, -0.2) is 0 Å². The Bertz CT molecular complexity index is 349. The van der Waals surface area contributed by atoms with Crippen LogP contribution in [-0.4, -0.2) is 36.3 Å². The van der Waals surface area contributed by atoms with E-state index in [1.54, 1.807) is 0 Å². The van der Waals surface area contributed by atoms with Crippen LogP contribution >= 0.6 is 0 Å². The number of amides is 2. The predicted octanol–water partition coefficient (Wildman–Crippen LogP) is 0.619. The first-order valence-electron chi connectivity index (χ1n) is 7.38. The van der Waals surface area contributed by atoms with Crippen LogP contribution in [0, 0.1) is 11.3 Å². The minimum absolute atomic E-state index is 0.153. The fourth-order valence-electron chi connectivity index (χ4n) is 3.42. The van der Waals surface area contributed by atoms with Crippen molar-refractivity contribution in [2.45, 2.75) is 44.9 Å². The number of likely N-dealkylation sites (tertiary alicyclic amines) is 1. The molecule has 108 valence electrons. The first-order chi connectivity index (χ1) is 9.09. The van der Waals surface area contributed by atoms with Crippen molar-refractivity contribution < 1.29 is 9.59 Å². The zero-order chi connectivity index (χ0) is 13.9. The lowest BCUT2D eigenvalue weighted by Gasteiger charge is -2.34. The Kier molecular flexibility index (Phi) is 4.45. The van der Waals surface area contributed by atoms with Crippen LogP contribution in [0.15, 0.2) is 0 Å². The van der Waals surface area contributed by atoms with E-state index >= 15 is 0 Å². The summed E-state index contributed by atoms with van der Waals surface area (Å²) in [6.45, 7) is 1.55. The lowest BCUT2D eigenvalue weighted by molar-refractivity contribution is -0.141. The largest absolute Gasteiger partial charge is 0.369 e. The average Bonchev–Trinajstić information content (AvgIpc) is 2.77. The average molecular weight is 267 g/mol. The van der Waals surface area contributed by atoms with Gasteiger partial charge in [-0.15, -0.1) is 0 Å². The number of carbonyl (C=O) groups excluding carboxylic acids is 2. The van der Waals surface area contributed by atoms with E-state index in [0.29, 0.717) is 26.1 Å². The highest BCUT2D eigenvalue weighted by molar-refractivity contribution is 5.85. The van der Waals surface area contributed by atoms with Gasteiger partial charge in [0.1, 0.15) is 0 Å². The number of hydrogen-bond acceptors (Lipinski definition) is 3. The minimum atomic E-state index is -0.386. The predicted molar refractivity (Wildman–Crippen MR) is 73.1 cm³/mol. The van der Waals surface area contributed by atoms with Crippen LogP contribution in [0.1, 0.15) is 44.9 Å². The lowest BCUT2D eigenvalue weighted by atomic mass is 9.79. The van der Waals surface area contributed by atoms with Crippen LogP contribution in [0.3, 0.4) is 0 Å². The Labute approximate surface area is 114 Å². The molecule has 2 rings (SSSR count). The van der Waals surface area contributed by atoms with Gasteiger partial charge in [-0.3, -0.25) is 9.59 Å². The topological polar surface area (TPSA) is 89.4 Å². The number of nitrogens with two attached hydrogens (primary N) is 2. The van der Waals surface area contributed by atoms with Gasteiger partial charge in [-0.1, -0.05) is 25.7 Å². The molecule has 1 unspecified atom stereocenters. The van der Waals surface area contributed by atoms with Crippen LogP contribution in [0.2, 0.25) is 0 Å². The second-order valence-corrected chi connectivity index (χ2v) is 6.04. The van der Waals surface area contributed by atoms with Crippen molar-refractivity contribution in [2.75, 3.05) is 19.6 Å². The molecule has 0 aromatic rings. The summed E-state index contributed by atoms with van der Waals surface area (Å²) >= 11 is 0. The first kappa shape index (κ1) is 14.3. The summed E-state index contributed by atoms with van der Waals surface area (Å²) in [5.41, 5.74) is 10.9. The molecule has 2 fully saturated rings. The molecule has 0 spiro atoms. The summed E-state index contributed by atoms with van der Waals surface area (Å²) in [7, 11) is 0. The third-order valence-electron chi connectivity index (χ3n) is 4.78. The Balaban J connectivity index is 2.06. The van der Waals surface area contributed by atoms with E-state index in [-0.39, 0.29) is 23.1 Å². The van der Waals surface area contributed by atoms with Crippen molar-refractivity contribution in [1.29, 1.82) is 0 Å². The van der Waals surface area contributed by atoms with E-state index in [2.05, 4.69) is 0 Å². The standard InChI is InChI=1S/C14H25N3O2/c15-10-14(6-3-1-2-4-7-14)13(19)17-8-5-11(9-17)12(16)18/h11H,1-10,15H2,(H2,16,18). The molecule has 0 aromatic heterocycles. The molecule has 5 nitrogen and oxygen atoms in total. The number of hydrogen-bond donors (Lipinski definition) is 2. The van der Waals surface area contributed by atoms with Crippen LogP contribution < -0.4 is 11.5 Å². The van der Waals surface area contributed by atoms with Crippen LogP contribution in [0.4, 0.5) is 0 Å². The van der Waals surface area contributed by atoms with E-state index in [1.807, 2.05) is 4.90 Å². The highest BCUT2D eigenvalue weighted by Gasteiger charge is 2.42. The molecule has 4 N–H and O–H groups in total. The summed E-state index contributed by atoms with van der Waals surface area (Å²) in [5, 5.41) is 0. The van der Waals surface area contributed by atoms with Crippen LogP contribution in [-0.2, 0) is 9.59 Å². The van der Waals surface area contributed by atoms with Gasteiger partial charge in [0, 0.05) is 19.6 Å². The van der Waals surface area contributed by atoms with E-state index in [1.165, 1.54) is 12.8 Å². The van der Waals surface area contributed by atoms with Crippen molar-refractivity contribution in [2.24, 2.45) is 22.8 Å². The van der Waals surface area contributed by atoms with Gasteiger partial charge in [0.15, 0.2) is 0 Å². The van der Waals surface area contributed by atoms with Crippen molar-refractivity contribution in [3.63, 3.8) is 0 Å². The lowest BCUT2D eigenvalue weighted by Crippen LogP contribution is -2.47. The van der Waals surface area contributed by atoms with Crippen molar-refractivity contribution in [1.82, 2.24) is 4.90 Å². The molecule has 0 aromatic carbocycles. The SMILES string of the molecule is NCC1(C(=O)N2CCC(C(N)=O)C2)CCCCCC1. The quantitative estimate of drug-likeness (QED) is 0.735. The monoisotopic (exact) mass is 267 g/mol. The van der Waals surface area contributed by atoms with Crippen LogP contribution in [0.25, 0.3) is 0 Å². The minimum Gasteiger partial charge on any atom is -0.369 e. The molecule has 2 amide bonds. The van der Waals surface area contributed by atoms with Crippen LogP contribution in [0.5, 0.6) is 0 Å². The number of carbonyl (C=O) groups is 2. The molecule has 5 heteroatoms. The normalized spacial score (nSPS) is 27.0. The smallest absolute Gasteiger partial charge is 0.230 e. The number of primary amides is 1. The number of rotatable bonds is 3. The fourth-order valence-corrected chi connectivity index (χ4v) is 3.42. The molecule has 1 heterocycles.